The number of nitrogens with one attached hydrogen (secondary N) is 1. The fourth-order valence-electron chi connectivity index (χ4n) is 4.23. The number of hydrogen-bond donors (Lipinski definition) is 2. The summed E-state index contributed by atoms with van der Waals surface area (Å²) in [5.41, 5.74) is 5.35. The molecule has 3 N–H and O–H groups in total. The predicted molar refractivity (Wildman–Crippen MR) is 65.8 cm³/mol. The van der Waals surface area contributed by atoms with Crippen molar-refractivity contribution in [2.24, 2.45) is 29.4 Å². The molecule has 0 radical (unpaired) electrons. The molecule has 3 aliphatic rings. The molecule has 4 unspecified atom stereocenters. The van der Waals surface area contributed by atoms with Gasteiger partial charge >= 0.3 is 0 Å². The number of rotatable bonds is 3. The highest BCUT2D eigenvalue weighted by molar-refractivity contribution is 5.90. The minimum atomic E-state index is -0.532. The topological polar surface area (TPSA) is 80.9 Å². The minimum Gasteiger partial charge on any atom is -0.365 e. The van der Waals surface area contributed by atoms with Gasteiger partial charge in [-0.15, -0.1) is 10.2 Å². The molecule has 1 aromatic rings. The molecule has 3 aliphatic carbocycles. The Morgan fingerprint density at radius 2 is 1.94 bits per heavy atom. The number of nitrogens with zero attached hydrogens (tertiary/aromatic N) is 2. The molecule has 94 valence electrons. The van der Waals surface area contributed by atoms with Crippen LogP contribution < -0.4 is 11.1 Å². The Labute approximate surface area is 105 Å². The van der Waals surface area contributed by atoms with Gasteiger partial charge in [0.05, 0.1) is 0 Å². The van der Waals surface area contributed by atoms with Crippen molar-refractivity contribution in [1.82, 2.24) is 10.2 Å². The van der Waals surface area contributed by atoms with Crippen LogP contribution in [0, 0.1) is 23.7 Å². The molecule has 0 aliphatic heterocycles. The summed E-state index contributed by atoms with van der Waals surface area (Å²) in [5, 5.41) is 11.3. The lowest BCUT2D eigenvalue weighted by Crippen LogP contribution is -2.16. The fraction of sp³-hybridized carbons (Fsp3) is 0.615. The average molecular weight is 244 g/mol. The molecule has 0 aromatic carbocycles. The van der Waals surface area contributed by atoms with Gasteiger partial charge in [-0.05, 0) is 55.1 Å². The van der Waals surface area contributed by atoms with Crippen molar-refractivity contribution in [3.8, 4) is 0 Å². The van der Waals surface area contributed by atoms with Crippen molar-refractivity contribution < 1.29 is 4.79 Å². The first-order valence-corrected chi connectivity index (χ1v) is 6.64. The molecule has 5 nitrogen and oxygen atoms in total. The number of aromatic nitrogens is 2. The summed E-state index contributed by atoms with van der Waals surface area (Å²) >= 11 is 0. The fourth-order valence-corrected chi connectivity index (χ4v) is 4.23. The van der Waals surface area contributed by atoms with E-state index in [9.17, 15) is 4.79 Å². The SMILES string of the molecule is NC(=O)c1ccc(NC2C3C4CCC(C4)C23)nn1. The van der Waals surface area contributed by atoms with Gasteiger partial charge in [-0.25, -0.2) is 0 Å². The Balaban J connectivity index is 1.46. The maximum atomic E-state index is 10.9. The smallest absolute Gasteiger partial charge is 0.269 e. The van der Waals surface area contributed by atoms with E-state index in [0.29, 0.717) is 6.04 Å². The molecule has 1 heterocycles. The van der Waals surface area contributed by atoms with E-state index in [-0.39, 0.29) is 5.69 Å². The largest absolute Gasteiger partial charge is 0.365 e. The number of nitrogens with two attached hydrogens (primary N) is 1. The van der Waals surface area contributed by atoms with Crippen LogP contribution in [0.15, 0.2) is 12.1 Å². The van der Waals surface area contributed by atoms with Crippen molar-refractivity contribution >= 4 is 11.7 Å². The molecular formula is C13H16N4O. The Morgan fingerprint density at radius 3 is 2.50 bits per heavy atom. The van der Waals surface area contributed by atoms with Gasteiger partial charge in [0.2, 0.25) is 0 Å². The normalized spacial score (nSPS) is 39.4. The second-order valence-corrected chi connectivity index (χ2v) is 5.83. The number of anilines is 1. The first-order chi connectivity index (χ1) is 8.74. The van der Waals surface area contributed by atoms with E-state index in [4.69, 9.17) is 5.73 Å². The van der Waals surface area contributed by atoms with Crippen molar-refractivity contribution in [2.75, 3.05) is 5.32 Å². The molecule has 3 saturated carbocycles. The Bertz CT molecular complexity index is 484. The number of primary amides is 1. The number of fused-ring (bicyclic) bond motifs is 5. The van der Waals surface area contributed by atoms with Gasteiger partial charge in [-0.1, -0.05) is 0 Å². The molecule has 2 bridgehead atoms. The van der Waals surface area contributed by atoms with Crippen LogP contribution in [0.5, 0.6) is 0 Å². The van der Waals surface area contributed by atoms with Crippen LogP contribution in [-0.4, -0.2) is 22.1 Å². The van der Waals surface area contributed by atoms with Gasteiger partial charge < -0.3 is 11.1 Å². The first kappa shape index (κ1) is 10.3. The van der Waals surface area contributed by atoms with Gasteiger partial charge in [-0.2, -0.15) is 0 Å². The van der Waals surface area contributed by atoms with Crippen molar-refractivity contribution in [3.63, 3.8) is 0 Å². The molecule has 0 spiro atoms. The van der Waals surface area contributed by atoms with E-state index in [0.717, 1.165) is 29.5 Å². The van der Waals surface area contributed by atoms with E-state index in [1.54, 1.807) is 12.1 Å². The maximum absolute atomic E-state index is 10.9. The molecule has 4 atom stereocenters. The molecular weight excluding hydrogens is 228 g/mol. The zero-order valence-corrected chi connectivity index (χ0v) is 10.0. The van der Waals surface area contributed by atoms with Crippen LogP contribution in [0.2, 0.25) is 0 Å². The third-order valence-electron chi connectivity index (χ3n) is 4.97. The van der Waals surface area contributed by atoms with Gasteiger partial charge in [0, 0.05) is 6.04 Å². The second-order valence-electron chi connectivity index (χ2n) is 5.83. The minimum absolute atomic E-state index is 0.219. The standard InChI is InChI=1S/C13H16N4O/c14-13(18)8-3-4-9(17-16-8)15-12-10-6-1-2-7(5-6)11(10)12/h3-4,6-7,10-12H,1-2,5H2,(H2,14,18)(H,15,17). The molecule has 0 saturated heterocycles. The summed E-state index contributed by atoms with van der Waals surface area (Å²) in [6.07, 6.45) is 4.27. The summed E-state index contributed by atoms with van der Waals surface area (Å²) in [7, 11) is 0. The first-order valence-electron chi connectivity index (χ1n) is 6.64. The highest BCUT2D eigenvalue weighted by atomic mass is 16.1. The molecule has 4 rings (SSSR count). The molecule has 3 fully saturated rings. The quantitative estimate of drug-likeness (QED) is 0.832. The van der Waals surface area contributed by atoms with Crippen LogP contribution in [0.4, 0.5) is 5.82 Å². The zero-order chi connectivity index (χ0) is 12.3. The van der Waals surface area contributed by atoms with Crippen LogP contribution in [0.1, 0.15) is 29.8 Å². The van der Waals surface area contributed by atoms with Crippen LogP contribution in [-0.2, 0) is 0 Å². The molecule has 18 heavy (non-hydrogen) atoms. The Hall–Kier alpha value is -1.65. The van der Waals surface area contributed by atoms with E-state index >= 15 is 0 Å². The van der Waals surface area contributed by atoms with Crippen molar-refractivity contribution in [2.45, 2.75) is 25.3 Å². The number of carbonyl (C=O) groups is 1. The van der Waals surface area contributed by atoms with Crippen molar-refractivity contribution in [3.05, 3.63) is 17.8 Å². The van der Waals surface area contributed by atoms with E-state index in [1.807, 2.05) is 0 Å². The highest BCUT2D eigenvalue weighted by Gasteiger charge is 2.65. The van der Waals surface area contributed by atoms with E-state index in [2.05, 4.69) is 15.5 Å². The lowest BCUT2D eigenvalue weighted by Gasteiger charge is -2.10. The second kappa shape index (κ2) is 3.43. The molecule has 1 amide bonds. The van der Waals surface area contributed by atoms with Gasteiger partial charge in [0.15, 0.2) is 5.69 Å². The maximum Gasteiger partial charge on any atom is 0.269 e. The lowest BCUT2D eigenvalue weighted by molar-refractivity contribution is 0.0994. The summed E-state index contributed by atoms with van der Waals surface area (Å²) in [6.45, 7) is 0. The Morgan fingerprint density at radius 1 is 1.22 bits per heavy atom. The Kier molecular flexibility index (Phi) is 1.96. The lowest BCUT2D eigenvalue weighted by atomic mass is 10.0. The van der Waals surface area contributed by atoms with Gasteiger partial charge in [-0.3, -0.25) is 4.79 Å². The molecule has 5 heteroatoms. The van der Waals surface area contributed by atoms with E-state index in [1.165, 1.54) is 19.3 Å². The zero-order valence-electron chi connectivity index (χ0n) is 10.0. The summed E-state index contributed by atoms with van der Waals surface area (Å²) in [6, 6.07) is 4.01. The monoisotopic (exact) mass is 244 g/mol. The van der Waals surface area contributed by atoms with Crippen LogP contribution in [0.25, 0.3) is 0 Å². The summed E-state index contributed by atoms with van der Waals surface area (Å²) in [5.74, 6) is 3.84. The third-order valence-corrected chi connectivity index (χ3v) is 4.97. The third kappa shape index (κ3) is 1.36. The number of carbonyl (C=O) groups excluding carboxylic acids is 1. The average Bonchev–Trinajstić information content (AvgIpc) is 2.78. The predicted octanol–water partition coefficient (Wildman–Crippen LogP) is 1.03. The summed E-state index contributed by atoms with van der Waals surface area (Å²) < 4.78 is 0. The highest BCUT2D eigenvalue weighted by Crippen LogP contribution is 2.66. The van der Waals surface area contributed by atoms with Gasteiger partial charge in [0.25, 0.3) is 5.91 Å². The van der Waals surface area contributed by atoms with Crippen LogP contribution in [0.3, 0.4) is 0 Å². The van der Waals surface area contributed by atoms with Crippen molar-refractivity contribution in [1.29, 1.82) is 0 Å². The number of hydrogen-bond acceptors (Lipinski definition) is 4. The van der Waals surface area contributed by atoms with Crippen LogP contribution >= 0.6 is 0 Å². The van der Waals surface area contributed by atoms with Gasteiger partial charge in [0.1, 0.15) is 5.82 Å². The molecule has 1 aromatic heterocycles. The summed E-state index contributed by atoms with van der Waals surface area (Å²) in [4.78, 5) is 10.9. The number of amides is 1. The van der Waals surface area contributed by atoms with E-state index < -0.39 is 5.91 Å².